The zero-order chi connectivity index (χ0) is 14.7. The molecule has 110 valence electrons. The molecule has 1 fully saturated rings. The molecule has 0 spiro atoms. The number of amides is 1. The van der Waals surface area contributed by atoms with Crippen LogP contribution in [0.5, 0.6) is 0 Å². The quantitative estimate of drug-likeness (QED) is 0.918. The summed E-state index contributed by atoms with van der Waals surface area (Å²) in [5.41, 5.74) is 1.25. The Hall–Kier alpha value is -1.65. The van der Waals surface area contributed by atoms with Crippen LogP contribution in [-0.4, -0.2) is 39.9 Å². The summed E-state index contributed by atoms with van der Waals surface area (Å²) in [6.45, 7) is 9.75. The van der Waals surface area contributed by atoms with Gasteiger partial charge < -0.3 is 10.2 Å². The fourth-order valence-corrected chi connectivity index (χ4v) is 2.53. The van der Waals surface area contributed by atoms with Crippen molar-refractivity contribution in [3.8, 4) is 0 Å². The van der Waals surface area contributed by atoms with Gasteiger partial charge in [-0.3, -0.25) is 4.79 Å². The van der Waals surface area contributed by atoms with Crippen LogP contribution < -0.4 is 5.32 Å². The first-order valence-electron chi connectivity index (χ1n) is 7.46. The predicted octanol–water partition coefficient (Wildman–Crippen LogP) is 2.66. The number of anilines is 1. The highest BCUT2D eigenvalue weighted by molar-refractivity contribution is 5.97. The lowest BCUT2D eigenvalue weighted by atomic mass is 10.2. The van der Waals surface area contributed by atoms with E-state index in [2.05, 4.69) is 22.2 Å². The molecule has 5 heteroatoms. The molecule has 1 N–H and O–H groups in total. The van der Waals surface area contributed by atoms with Crippen molar-refractivity contribution in [3.63, 3.8) is 0 Å². The Labute approximate surface area is 120 Å². The number of nitrogens with one attached hydrogen (secondary N) is 1. The maximum atomic E-state index is 12.7. The molecule has 0 radical (unpaired) electrons. The van der Waals surface area contributed by atoms with E-state index in [1.165, 1.54) is 0 Å². The molecule has 0 bridgehead atoms. The number of rotatable bonds is 4. The van der Waals surface area contributed by atoms with Gasteiger partial charge in [-0.2, -0.15) is 0 Å². The molecule has 1 saturated heterocycles. The zero-order valence-electron chi connectivity index (χ0n) is 12.8. The monoisotopic (exact) mass is 276 g/mol. The smallest absolute Gasteiger partial charge is 0.274 e. The van der Waals surface area contributed by atoms with E-state index in [1.807, 2.05) is 25.7 Å². The Morgan fingerprint density at radius 3 is 2.85 bits per heavy atom. The number of carbonyl (C=O) groups excluding carboxylic acids is 1. The fourth-order valence-electron chi connectivity index (χ4n) is 2.53. The van der Waals surface area contributed by atoms with Crippen LogP contribution in [0.1, 0.15) is 62.8 Å². The Morgan fingerprint density at radius 1 is 1.55 bits per heavy atom. The van der Waals surface area contributed by atoms with Gasteiger partial charge in [0.25, 0.3) is 5.91 Å². The molecule has 5 nitrogen and oxygen atoms in total. The van der Waals surface area contributed by atoms with Crippen molar-refractivity contribution in [2.24, 2.45) is 0 Å². The van der Waals surface area contributed by atoms with Gasteiger partial charge in [-0.25, -0.2) is 9.97 Å². The van der Waals surface area contributed by atoms with E-state index >= 15 is 0 Å². The van der Waals surface area contributed by atoms with Crippen LogP contribution in [0.4, 0.5) is 5.69 Å². The third-order valence-electron chi connectivity index (χ3n) is 3.71. The second kappa shape index (κ2) is 6.20. The molecule has 0 saturated carbocycles. The molecule has 1 atom stereocenters. The molecule has 20 heavy (non-hydrogen) atoms. The normalized spacial score (nSPS) is 18.6. The summed E-state index contributed by atoms with van der Waals surface area (Å²) in [6, 6.07) is 0.300. The standard InChI is InChI=1S/C15H24N4O/c1-5-16-12-9-17-14(10(2)3)18-13(12)15(20)19-8-6-7-11(19)4/h9-11,16H,5-8H2,1-4H3. The molecule has 1 amide bonds. The SMILES string of the molecule is CCNc1cnc(C(C)C)nc1C(=O)N1CCCC1C. The molecule has 1 aromatic rings. The lowest BCUT2D eigenvalue weighted by molar-refractivity contribution is 0.0742. The van der Waals surface area contributed by atoms with Crippen molar-refractivity contribution in [2.45, 2.75) is 52.5 Å². The Kier molecular flexibility index (Phi) is 4.57. The van der Waals surface area contributed by atoms with Crippen LogP contribution in [0, 0.1) is 0 Å². The summed E-state index contributed by atoms with van der Waals surface area (Å²) in [7, 11) is 0. The number of nitrogens with zero attached hydrogens (tertiary/aromatic N) is 3. The molecule has 1 aliphatic rings. The van der Waals surface area contributed by atoms with Crippen molar-refractivity contribution >= 4 is 11.6 Å². The minimum absolute atomic E-state index is 0.0234. The Balaban J connectivity index is 2.35. The number of hydrogen-bond donors (Lipinski definition) is 1. The molecule has 0 aliphatic carbocycles. The van der Waals surface area contributed by atoms with E-state index in [9.17, 15) is 4.79 Å². The minimum atomic E-state index is 0.0234. The van der Waals surface area contributed by atoms with Crippen LogP contribution in [0.3, 0.4) is 0 Å². The lowest BCUT2D eigenvalue weighted by Gasteiger charge is -2.22. The third kappa shape index (κ3) is 2.92. The molecule has 2 rings (SSSR count). The van der Waals surface area contributed by atoms with Gasteiger partial charge in [0.15, 0.2) is 5.69 Å². The Bertz CT molecular complexity index is 487. The van der Waals surface area contributed by atoms with Crippen molar-refractivity contribution in [1.29, 1.82) is 0 Å². The second-order valence-electron chi connectivity index (χ2n) is 5.67. The fraction of sp³-hybridized carbons (Fsp3) is 0.667. The molecule has 0 aromatic carbocycles. The van der Waals surface area contributed by atoms with E-state index in [0.717, 1.165) is 37.4 Å². The van der Waals surface area contributed by atoms with E-state index in [-0.39, 0.29) is 11.8 Å². The summed E-state index contributed by atoms with van der Waals surface area (Å²) in [6.07, 6.45) is 3.88. The topological polar surface area (TPSA) is 58.1 Å². The molecule has 2 heterocycles. The van der Waals surface area contributed by atoms with Crippen LogP contribution >= 0.6 is 0 Å². The van der Waals surface area contributed by atoms with Gasteiger partial charge in [-0.1, -0.05) is 13.8 Å². The van der Waals surface area contributed by atoms with Crippen molar-refractivity contribution in [2.75, 3.05) is 18.4 Å². The largest absolute Gasteiger partial charge is 0.382 e. The lowest BCUT2D eigenvalue weighted by Crippen LogP contribution is -2.35. The molecular formula is C15H24N4O. The molecule has 1 aliphatic heterocycles. The van der Waals surface area contributed by atoms with Gasteiger partial charge in [0.05, 0.1) is 11.9 Å². The maximum absolute atomic E-state index is 12.7. The highest BCUT2D eigenvalue weighted by atomic mass is 16.2. The van der Waals surface area contributed by atoms with Crippen molar-refractivity contribution in [3.05, 3.63) is 17.7 Å². The summed E-state index contributed by atoms with van der Waals surface area (Å²) < 4.78 is 0. The van der Waals surface area contributed by atoms with Gasteiger partial charge >= 0.3 is 0 Å². The van der Waals surface area contributed by atoms with E-state index in [4.69, 9.17) is 0 Å². The van der Waals surface area contributed by atoms with Gasteiger partial charge in [-0.05, 0) is 26.7 Å². The van der Waals surface area contributed by atoms with Gasteiger partial charge in [0.1, 0.15) is 5.82 Å². The van der Waals surface area contributed by atoms with Gasteiger partial charge in [-0.15, -0.1) is 0 Å². The van der Waals surface area contributed by atoms with E-state index in [1.54, 1.807) is 6.20 Å². The van der Waals surface area contributed by atoms with Crippen LogP contribution in [-0.2, 0) is 0 Å². The first-order valence-corrected chi connectivity index (χ1v) is 7.46. The van der Waals surface area contributed by atoms with Crippen molar-refractivity contribution < 1.29 is 4.79 Å². The molecule has 1 unspecified atom stereocenters. The number of aromatic nitrogens is 2. The third-order valence-corrected chi connectivity index (χ3v) is 3.71. The van der Waals surface area contributed by atoms with E-state index in [0.29, 0.717) is 11.7 Å². The summed E-state index contributed by atoms with van der Waals surface area (Å²) in [5.74, 6) is 0.963. The summed E-state index contributed by atoms with van der Waals surface area (Å²) in [4.78, 5) is 23.5. The average Bonchev–Trinajstić information content (AvgIpc) is 2.84. The first-order chi connectivity index (χ1) is 9.54. The average molecular weight is 276 g/mol. The number of carbonyl (C=O) groups is 1. The summed E-state index contributed by atoms with van der Waals surface area (Å²) >= 11 is 0. The zero-order valence-corrected chi connectivity index (χ0v) is 12.8. The van der Waals surface area contributed by atoms with Gasteiger partial charge in [0.2, 0.25) is 0 Å². The highest BCUT2D eigenvalue weighted by Crippen LogP contribution is 2.23. The summed E-state index contributed by atoms with van der Waals surface area (Å²) in [5, 5.41) is 3.19. The number of hydrogen-bond acceptors (Lipinski definition) is 4. The Morgan fingerprint density at radius 2 is 2.30 bits per heavy atom. The highest BCUT2D eigenvalue weighted by Gasteiger charge is 2.29. The maximum Gasteiger partial charge on any atom is 0.274 e. The first kappa shape index (κ1) is 14.8. The molecule has 1 aromatic heterocycles. The second-order valence-corrected chi connectivity index (χ2v) is 5.67. The van der Waals surface area contributed by atoms with Crippen molar-refractivity contribution in [1.82, 2.24) is 14.9 Å². The molecular weight excluding hydrogens is 252 g/mol. The van der Waals surface area contributed by atoms with E-state index < -0.39 is 0 Å². The van der Waals surface area contributed by atoms with Gasteiger partial charge in [0, 0.05) is 25.0 Å². The van der Waals surface area contributed by atoms with Crippen LogP contribution in [0.2, 0.25) is 0 Å². The number of likely N-dealkylation sites (tertiary alicyclic amines) is 1. The predicted molar refractivity (Wildman–Crippen MR) is 80.0 cm³/mol. The minimum Gasteiger partial charge on any atom is -0.382 e. The van der Waals surface area contributed by atoms with Crippen LogP contribution in [0.25, 0.3) is 0 Å². The van der Waals surface area contributed by atoms with Crippen LogP contribution in [0.15, 0.2) is 6.20 Å².